The van der Waals surface area contributed by atoms with Crippen molar-refractivity contribution in [3.63, 3.8) is 0 Å². The third-order valence-electron chi connectivity index (χ3n) is 6.57. The second-order valence-corrected chi connectivity index (χ2v) is 10.6. The van der Waals surface area contributed by atoms with Crippen LogP contribution in [-0.2, 0) is 32.0 Å². The molecule has 2 aromatic rings. The van der Waals surface area contributed by atoms with Crippen LogP contribution in [0.1, 0.15) is 37.8 Å². The molecule has 0 aliphatic rings. The molecule has 0 heterocycles. The Morgan fingerprint density at radius 2 is 1.36 bits per heavy atom. The van der Waals surface area contributed by atoms with Crippen LogP contribution in [0.25, 0.3) is 0 Å². The lowest BCUT2D eigenvalue weighted by Crippen LogP contribution is -2.59. The normalized spacial score (nSPS) is 14.8. The van der Waals surface area contributed by atoms with Crippen LogP contribution in [0.3, 0.4) is 0 Å². The molecule has 0 saturated carbocycles. The SMILES string of the molecule is CCC(C)C(NC(=O)C(Cc1ccccc1)NC(=O)C(N)Cc1ccccc1)C(=O)NC(CCSC)C(=O)O. The van der Waals surface area contributed by atoms with E-state index < -0.39 is 47.9 Å². The molecule has 0 aliphatic carbocycles. The number of amides is 3. The lowest BCUT2D eigenvalue weighted by molar-refractivity contribution is -0.142. The molecule has 5 atom stereocenters. The fourth-order valence-electron chi connectivity index (χ4n) is 4.01. The summed E-state index contributed by atoms with van der Waals surface area (Å²) in [5, 5.41) is 17.7. The number of benzene rings is 2. The van der Waals surface area contributed by atoms with Gasteiger partial charge in [-0.2, -0.15) is 11.8 Å². The van der Waals surface area contributed by atoms with E-state index in [1.165, 1.54) is 11.8 Å². The van der Waals surface area contributed by atoms with Crippen molar-refractivity contribution in [2.24, 2.45) is 11.7 Å². The fraction of sp³-hybridized carbons (Fsp3) is 0.448. The number of hydrogen-bond donors (Lipinski definition) is 5. The van der Waals surface area contributed by atoms with E-state index in [2.05, 4.69) is 16.0 Å². The van der Waals surface area contributed by atoms with Crippen molar-refractivity contribution in [3.05, 3.63) is 71.8 Å². The summed E-state index contributed by atoms with van der Waals surface area (Å²) in [5.41, 5.74) is 7.89. The summed E-state index contributed by atoms with van der Waals surface area (Å²) in [4.78, 5) is 51.4. The highest BCUT2D eigenvalue weighted by atomic mass is 32.2. The third kappa shape index (κ3) is 10.7. The first-order valence-corrected chi connectivity index (χ1v) is 14.5. The molecule has 2 rings (SSSR count). The van der Waals surface area contributed by atoms with Crippen LogP contribution >= 0.6 is 11.8 Å². The highest BCUT2D eigenvalue weighted by Gasteiger charge is 2.32. The molecule has 5 unspecified atom stereocenters. The van der Waals surface area contributed by atoms with Gasteiger partial charge in [-0.15, -0.1) is 0 Å². The third-order valence-corrected chi connectivity index (χ3v) is 7.21. The van der Waals surface area contributed by atoms with Gasteiger partial charge in [-0.05, 0) is 41.9 Å². The van der Waals surface area contributed by atoms with Crippen LogP contribution in [0.4, 0.5) is 0 Å². The number of rotatable bonds is 16. The topological polar surface area (TPSA) is 151 Å². The highest BCUT2D eigenvalue weighted by Crippen LogP contribution is 2.12. The molecular formula is C29H40N4O5S. The Labute approximate surface area is 234 Å². The second-order valence-electron chi connectivity index (χ2n) is 9.60. The van der Waals surface area contributed by atoms with Crippen LogP contribution in [0, 0.1) is 5.92 Å². The molecule has 212 valence electrons. The Balaban J connectivity index is 2.21. The van der Waals surface area contributed by atoms with E-state index in [1.54, 1.807) is 0 Å². The molecule has 6 N–H and O–H groups in total. The van der Waals surface area contributed by atoms with E-state index in [0.29, 0.717) is 18.6 Å². The summed E-state index contributed by atoms with van der Waals surface area (Å²) in [7, 11) is 0. The Morgan fingerprint density at radius 1 is 0.821 bits per heavy atom. The number of carbonyl (C=O) groups is 4. The molecule has 0 bridgehead atoms. The van der Waals surface area contributed by atoms with Gasteiger partial charge in [0, 0.05) is 6.42 Å². The van der Waals surface area contributed by atoms with Gasteiger partial charge in [-0.1, -0.05) is 80.9 Å². The quantitative estimate of drug-likeness (QED) is 0.213. The van der Waals surface area contributed by atoms with Gasteiger partial charge in [-0.3, -0.25) is 14.4 Å². The molecule has 0 radical (unpaired) electrons. The number of carbonyl (C=O) groups excluding carboxylic acids is 3. The molecule has 0 aromatic heterocycles. The molecule has 0 saturated heterocycles. The van der Waals surface area contributed by atoms with Crippen LogP contribution < -0.4 is 21.7 Å². The van der Waals surface area contributed by atoms with Crippen molar-refractivity contribution in [1.82, 2.24) is 16.0 Å². The number of aliphatic carboxylic acids is 1. The Bertz CT molecular complexity index is 1070. The minimum atomic E-state index is -1.13. The van der Waals surface area contributed by atoms with Gasteiger partial charge in [0.05, 0.1) is 6.04 Å². The van der Waals surface area contributed by atoms with E-state index in [9.17, 15) is 24.3 Å². The summed E-state index contributed by atoms with van der Waals surface area (Å²) >= 11 is 1.48. The first kappa shape index (κ1) is 31.8. The molecule has 2 aromatic carbocycles. The largest absolute Gasteiger partial charge is 0.480 e. The van der Waals surface area contributed by atoms with E-state index in [0.717, 1.165) is 11.1 Å². The Kier molecular flexibility index (Phi) is 13.5. The van der Waals surface area contributed by atoms with E-state index in [4.69, 9.17) is 5.73 Å². The van der Waals surface area contributed by atoms with Crippen molar-refractivity contribution in [2.45, 2.75) is 63.7 Å². The van der Waals surface area contributed by atoms with Crippen LogP contribution in [0.2, 0.25) is 0 Å². The minimum absolute atomic E-state index is 0.191. The number of hydrogen-bond acceptors (Lipinski definition) is 6. The zero-order valence-corrected chi connectivity index (χ0v) is 23.6. The number of nitrogens with two attached hydrogens (primary N) is 1. The Hall–Kier alpha value is -3.37. The molecule has 3 amide bonds. The monoisotopic (exact) mass is 556 g/mol. The second kappa shape index (κ2) is 16.6. The van der Waals surface area contributed by atoms with Gasteiger partial charge < -0.3 is 26.8 Å². The molecule has 10 heteroatoms. The molecule has 0 spiro atoms. The lowest BCUT2D eigenvalue weighted by atomic mass is 9.96. The van der Waals surface area contributed by atoms with E-state index >= 15 is 0 Å². The fourth-order valence-corrected chi connectivity index (χ4v) is 4.48. The molecular weight excluding hydrogens is 516 g/mol. The zero-order chi connectivity index (χ0) is 28.8. The molecule has 9 nitrogen and oxygen atoms in total. The molecule has 0 fully saturated rings. The first-order chi connectivity index (χ1) is 18.7. The van der Waals surface area contributed by atoms with Crippen LogP contribution in [0.15, 0.2) is 60.7 Å². The standard InChI is InChI=1S/C29H40N4O5S/c1-4-19(2)25(28(36)31-23(29(37)38)15-16-39-3)33-27(35)24(18-21-13-9-6-10-14-21)32-26(34)22(30)17-20-11-7-5-8-12-20/h5-14,19,22-25H,4,15-18,30H2,1-3H3,(H,31,36)(H,32,34)(H,33,35)(H,37,38). The summed E-state index contributed by atoms with van der Waals surface area (Å²) in [6, 6.07) is 14.7. The highest BCUT2D eigenvalue weighted by molar-refractivity contribution is 7.98. The minimum Gasteiger partial charge on any atom is -0.480 e. The summed E-state index contributed by atoms with van der Waals surface area (Å²) in [6.45, 7) is 3.69. The van der Waals surface area contributed by atoms with Crippen molar-refractivity contribution >= 4 is 35.5 Å². The summed E-state index contributed by atoms with van der Waals surface area (Å²) in [5.74, 6) is -2.45. The molecule has 39 heavy (non-hydrogen) atoms. The summed E-state index contributed by atoms with van der Waals surface area (Å²) < 4.78 is 0. The lowest BCUT2D eigenvalue weighted by Gasteiger charge is -2.28. The Morgan fingerprint density at radius 3 is 1.87 bits per heavy atom. The van der Waals surface area contributed by atoms with Gasteiger partial charge in [0.25, 0.3) is 0 Å². The van der Waals surface area contributed by atoms with Crippen molar-refractivity contribution < 1.29 is 24.3 Å². The van der Waals surface area contributed by atoms with Gasteiger partial charge >= 0.3 is 5.97 Å². The molecule has 0 aliphatic heterocycles. The number of carboxylic acids is 1. The number of carboxylic acid groups (broad SMARTS) is 1. The zero-order valence-electron chi connectivity index (χ0n) is 22.8. The maximum absolute atomic E-state index is 13.5. The first-order valence-electron chi connectivity index (χ1n) is 13.1. The maximum atomic E-state index is 13.5. The van der Waals surface area contributed by atoms with Gasteiger partial charge in [0.15, 0.2) is 0 Å². The number of nitrogens with one attached hydrogen (secondary N) is 3. The van der Waals surface area contributed by atoms with Crippen LogP contribution in [0.5, 0.6) is 0 Å². The van der Waals surface area contributed by atoms with E-state index in [-0.39, 0.29) is 18.8 Å². The average molecular weight is 557 g/mol. The van der Waals surface area contributed by atoms with Gasteiger partial charge in [0.1, 0.15) is 18.1 Å². The predicted octanol–water partition coefficient (Wildman–Crippen LogP) is 2.14. The summed E-state index contributed by atoms with van der Waals surface area (Å²) in [6.07, 6.45) is 3.18. The van der Waals surface area contributed by atoms with Gasteiger partial charge in [0.2, 0.25) is 17.7 Å². The van der Waals surface area contributed by atoms with E-state index in [1.807, 2.05) is 80.8 Å². The van der Waals surface area contributed by atoms with Crippen molar-refractivity contribution in [2.75, 3.05) is 12.0 Å². The predicted molar refractivity (Wildman–Crippen MR) is 154 cm³/mol. The number of thioether (sulfide) groups is 1. The average Bonchev–Trinajstić information content (AvgIpc) is 2.93. The van der Waals surface area contributed by atoms with Gasteiger partial charge in [-0.25, -0.2) is 4.79 Å². The smallest absolute Gasteiger partial charge is 0.326 e. The van der Waals surface area contributed by atoms with Crippen molar-refractivity contribution in [3.8, 4) is 0 Å². The van der Waals surface area contributed by atoms with Crippen molar-refractivity contribution in [1.29, 1.82) is 0 Å². The maximum Gasteiger partial charge on any atom is 0.326 e. The van der Waals surface area contributed by atoms with Crippen LogP contribution in [-0.4, -0.2) is 65.0 Å².